The van der Waals surface area contributed by atoms with Crippen molar-refractivity contribution in [2.24, 2.45) is 0 Å². The number of benzene rings is 2. The van der Waals surface area contributed by atoms with Gasteiger partial charge >= 0.3 is 18.0 Å². The molecule has 8 nitrogen and oxygen atoms in total. The normalized spacial score (nSPS) is 13.1. The van der Waals surface area contributed by atoms with Crippen LogP contribution in [0.5, 0.6) is 5.75 Å². The number of ether oxygens (including phenoxy) is 4. The molecule has 0 radical (unpaired) electrons. The van der Waals surface area contributed by atoms with Crippen LogP contribution in [-0.4, -0.2) is 40.9 Å². The minimum Gasteiger partial charge on any atom is -0.489 e. The van der Waals surface area contributed by atoms with Gasteiger partial charge in [-0.25, -0.2) is 14.4 Å². The molecule has 0 heterocycles. The number of rotatable bonds is 10. The summed E-state index contributed by atoms with van der Waals surface area (Å²) >= 11 is 0. The zero-order chi connectivity index (χ0) is 30.8. The van der Waals surface area contributed by atoms with Crippen molar-refractivity contribution in [2.75, 3.05) is 0 Å². The van der Waals surface area contributed by atoms with E-state index in [-0.39, 0.29) is 12.8 Å². The first kappa shape index (κ1) is 33.4. The van der Waals surface area contributed by atoms with Crippen LogP contribution in [0.4, 0.5) is 4.79 Å². The molecule has 0 aromatic heterocycles. The predicted octanol–water partition coefficient (Wildman–Crippen LogP) is 6.70. The molecule has 0 bridgehead atoms. The van der Waals surface area contributed by atoms with Gasteiger partial charge in [-0.2, -0.15) is 0 Å². The van der Waals surface area contributed by atoms with Gasteiger partial charge in [0.2, 0.25) is 0 Å². The van der Waals surface area contributed by atoms with Crippen molar-refractivity contribution in [1.29, 1.82) is 0 Å². The first-order valence-corrected chi connectivity index (χ1v) is 13.8. The Hall–Kier alpha value is -3.81. The fraction of sp³-hybridized carbons (Fsp3) is 0.485. The Balaban J connectivity index is 2.25. The zero-order valence-corrected chi connectivity index (χ0v) is 25.8. The van der Waals surface area contributed by atoms with Gasteiger partial charge in [0.25, 0.3) is 0 Å². The molecule has 0 unspecified atom stereocenters. The minimum absolute atomic E-state index is 0.000995. The van der Waals surface area contributed by atoms with Crippen LogP contribution in [0.1, 0.15) is 79.9 Å². The van der Waals surface area contributed by atoms with Gasteiger partial charge in [0.15, 0.2) is 0 Å². The second kappa shape index (κ2) is 14.2. The van der Waals surface area contributed by atoms with Gasteiger partial charge in [-0.05, 0) is 92.0 Å². The lowest BCUT2D eigenvalue weighted by atomic mass is 10.0. The van der Waals surface area contributed by atoms with Crippen LogP contribution >= 0.6 is 0 Å². The van der Waals surface area contributed by atoms with E-state index in [0.29, 0.717) is 17.9 Å². The molecule has 0 aliphatic heterocycles. The third-order valence-electron chi connectivity index (χ3n) is 5.21. The molecule has 0 spiro atoms. The third-order valence-corrected chi connectivity index (χ3v) is 5.21. The van der Waals surface area contributed by atoms with E-state index >= 15 is 0 Å². The molecule has 0 aliphatic rings. The molecule has 2 aromatic rings. The summed E-state index contributed by atoms with van der Waals surface area (Å²) in [4.78, 5) is 38.7. The smallest absolute Gasteiger partial charge is 0.408 e. The van der Waals surface area contributed by atoms with Crippen molar-refractivity contribution in [2.45, 2.75) is 105 Å². The average Bonchev–Trinajstić information content (AvgIpc) is 2.82. The number of nitrogens with one attached hydrogen (secondary N) is 1. The maximum atomic E-state index is 13.2. The molecule has 0 aliphatic carbocycles. The highest BCUT2D eigenvalue weighted by Gasteiger charge is 2.29. The summed E-state index contributed by atoms with van der Waals surface area (Å²) in [5.74, 6) is -0.447. The maximum absolute atomic E-state index is 13.2. The molecule has 41 heavy (non-hydrogen) atoms. The number of amides is 1. The van der Waals surface area contributed by atoms with Gasteiger partial charge in [-0.1, -0.05) is 48.5 Å². The lowest BCUT2D eigenvalue weighted by Crippen LogP contribution is -2.45. The molecule has 0 saturated carbocycles. The molecule has 0 saturated heterocycles. The van der Waals surface area contributed by atoms with E-state index in [4.69, 9.17) is 18.9 Å². The van der Waals surface area contributed by atoms with Crippen LogP contribution in [0.2, 0.25) is 0 Å². The average molecular weight is 568 g/mol. The van der Waals surface area contributed by atoms with Crippen LogP contribution in [0.3, 0.4) is 0 Å². The highest BCUT2D eigenvalue weighted by Crippen LogP contribution is 2.20. The molecule has 1 N–H and O–H groups in total. The Bertz CT molecular complexity index is 1180. The van der Waals surface area contributed by atoms with Crippen molar-refractivity contribution in [1.82, 2.24) is 5.32 Å². The monoisotopic (exact) mass is 567 g/mol. The van der Waals surface area contributed by atoms with E-state index in [1.54, 1.807) is 68.4 Å². The molecule has 1 amide bonds. The highest BCUT2D eigenvalue weighted by molar-refractivity contribution is 5.89. The summed E-state index contributed by atoms with van der Waals surface area (Å²) in [6.45, 7) is 16.2. The number of carbonyl (C=O) groups excluding carboxylic acids is 3. The Morgan fingerprint density at radius 3 is 1.83 bits per heavy atom. The molecule has 224 valence electrons. The third kappa shape index (κ3) is 13.9. The van der Waals surface area contributed by atoms with Crippen LogP contribution in [0.25, 0.3) is 0 Å². The fourth-order valence-corrected chi connectivity index (χ4v) is 3.53. The van der Waals surface area contributed by atoms with Crippen LogP contribution in [-0.2, 0) is 36.8 Å². The second-order valence-corrected chi connectivity index (χ2v) is 12.8. The molecule has 2 rings (SSSR count). The minimum atomic E-state index is -1.07. The highest BCUT2D eigenvalue weighted by atomic mass is 16.6. The number of carbonyl (C=O) groups is 3. The molecular weight excluding hydrogens is 522 g/mol. The molecule has 2 aromatic carbocycles. The standard InChI is InChI=1S/C33H45NO7/c1-31(2,3)39-28(35)25(21-23-15-18-26(19-16-23)38-22-24-13-11-10-12-14-24)17-20-27(29(36)40-32(4,5)6)34-30(37)41-33(7,8)9/h10-19,27H,20-22H2,1-9H3,(H,34,37)/t27-/m0/s1. The molecule has 8 heteroatoms. The summed E-state index contributed by atoms with van der Waals surface area (Å²) in [6, 6.07) is 16.2. The summed E-state index contributed by atoms with van der Waals surface area (Å²) in [6.07, 6.45) is 1.11. The summed E-state index contributed by atoms with van der Waals surface area (Å²) in [5, 5.41) is 2.59. The lowest BCUT2D eigenvalue weighted by molar-refractivity contribution is -0.157. The second-order valence-electron chi connectivity index (χ2n) is 12.8. The Labute approximate surface area is 244 Å². The summed E-state index contributed by atoms with van der Waals surface area (Å²) in [5.41, 5.74) is 0.0149. The van der Waals surface area contributed by atoms with Gasteiger partial charge in [-0.3, -0.25) is 0 Å². The maximum Gasteiger partial charge on any atom is 0.408 e. The van der Waals surface area contributed by atoms with E-state index in [9.17, 15) is 14.4 Å². The first-order valence-electron chi connectivity index (χ1n) is 13.8. The van der Waals surface area contributed by atoms with Gasteiger partial charge in [-0.15, -0.1) is 0 Å². The first-order chi connectivity index (χ1) is 18.9. The Kier molecular flexibility index (Phi) is 11.6. The number of hydrogen-bond donors (Lipinski definition) is 1. The van der Waals surface area contributed by atoms with Crippen molar-refractivity contribution in [3.8, 4) is 5.75 Å². The lowest BCUT2D eigenvalue weighted by Gasteiger charge is -2.26. The topological polar surface area (TPSA) is 100 Å². The van der Waals surface area contributed by atoms with Gasteiger partial charge in [0.05, 0.1) is 0 Å². The number of esters is 2. The quantitative estimate of drug-likeness (QED) is 0.194. The number of hydrogen-bond acceptors (Lipinski definition) is 7. The van der Waals surface area contributed by atoms with E-state index in [1.807, 2.05) is 54.6 Å². The van der Waals surface area contributed by atoms with Gasteiger partial charge < -0.3 is 24.3 Å². The van der Waals surface area contributed by atoms with Gasteiger partial charge in [0, 0.05) is 12.0 Å². The van der Waals surface area contributed by atoms with E-state index < -0.39 is 40.9 Å². The SMILES string of the molecule is CC(C)(C)OC(=O)N[C@@H](CC=C(Cc1ccc(OCc2ccccc2)cc1)C(=O)OC(C)(C)C)C(=O)OC(C)(C)C. The summed E-state index contributed by atoms with van der Waals surface area (Å²) < 4.78 is 22.4. The molecule has 1 atom stereocenters. The van der Waals surface area contributed by atoms with Crippen LogP contribution in [0, 0.1) is 0 Å². The largest absolute Gasteiger partial charge is 0.489 e. The Morgan fingerprint density at radius 1 is 0.732 bits per heavy atom. The van der Waals surface area contributed by atoms with Crippen molar-refractivity contribution in [3.05, 3.63) is 77.4 Å². The zero-order valence-electron chi connectivity index (χ0n) is 25.8. The van der Waals surface area contributed by atoms with E-state index in [1.165, 1.54) is 0 Å². The van der Waals surface area contributed by atoms with Gasteiger partial charge in [0.1, 0.15) is 35.2 Å². The van der Waals surface area contributed by atoms with Crippen molar-refractivity contribution in [3.63, 3.8) is 0 Å². The van der Waals surface area contributed by atoms with E-state index in [0.717, 1.165) is 11.1 Å². The summed E-state index contributed by atoms with van der Waals surface area (Å²) in [7, 11) is 0. The number of alkyl carbamates (subject to hydrolysis) is 1. The molecular formula is C33H45NO7. The predicted molar refractivity (Wildman–Crippen MR) is 158 cm³/mol. The van der Waals surface area contributed by atoms with Crippen molar-refractivity contribution >= 4 is 18.0 Å². The van der Waals surface area contributed by atoms with E-state index in [2.05, 4.69) is 5.32 Å². The fourth-order valence-electron chi connectivity index (χ4n) is 3.53. The van der Waals surface area contributed by atoms with Crippen molar-refractivity contribution < 1.29 is 33.3 Å². The van der Waals surface area contributed by atoms with Crippen LogP contribution < -0.4 is 10.1 Å². The van der Waals surface area contributed by atoms with Crippen LogP contribution in [0.15, 0.2) is 66.2 Å². The Morgan fingerprint density at radius 2 is 1.29 bits per heavy atom. The molecule has 0 fully saturated rings.